The van der Waals surface area contributed by atoms with E-state index in [1.165, 1.54) is 13.2 Å². The molecule has 0 spiro atoms. The summed E-state index contributed by atoms with van der Waals surface area (Å²) >= 11 is 0. The van der Waals surface area contributed by atoms with Crippen LogP contribution in [0.5, 0.6) is 0 Å². The van der Waals surface area contributed by atoms with E-state index >= 15 is 0 Å². The average Bonchev–Trinajstić information content (AvgIpc) is 2.58. The standard InChI is InChI=1S/C19H22O4/c1-3-19(14-23-13-15-7-5-4-6-8-15)12-17(20)10-9-16(19)11-18(21)22-2/h3-10,16H,1,11-14H2,2H3/t16-,19+/m0/s1. The number of hydrogen-bond donors (Lipinski definition) is 0. The predicted molar refractivity (Wildman–Crippen MR) is 87.6 cm³/mol. The van der Waals surface area contributed by atoms with Gasteiger partial charge in [-0.3, -0.25) is 9.59 Å². The van der Waals surface area contributed by atoms with Crippen LogP contribution in [0.15, 0.2) is 55.1 Å². The van der Waals surface area contributed by atoms with Crippen molar-refractivity contribution in [2.45, 2.75) is 19.4 Å². The van der Waals surface area contributed by atoms with E-state index in [9.17, 15) is 9.59 Å². The Morgan fingerprint density at radius 2 is 2.13 bits per heavy atom. The van der Waals surface area contributed by atoms with E-state index in [1.54, 1.807) is 12.2 Å². The van der Waals surface area contributed by atoms with Gasteiger partial charge in [-0.05, 0) is 17.6 Å². The molecule has 0 heterocycles. The van der Waals surface area contributed by atoms with Gasteiger partial charge in [0, 0.05) is 11.8 Å². The first-order chi connectivity index (χ1) is 11.1. The Kier molecular flexibility index (Phi) is 5.88. The van der Waals surface area contributed by atoms with Gasteiger partial charge in [-0.15, -0.1) is 6.58 Å². The lowest BCUT2D eigenvalue weighted by Crippen LogP contribution is -2.38. The number of esters is 1. The third kappa shape index (κ3) is 4.39. The molecule has 4 heteroatoms. The predicted octanol–water partition coefficient (Wildman–Crippen LogP) is 3.08. The quantitative estimate of drug-likeness (QED) is 0.573. The van der Waals surface area contributed by atoms with Crippen molar-refractivity contribution in [3.05, 3.63) is 60.7 Å². The van der Waals surface area contributed by atoms with Gasteiger partial charge in [-0.2, -0.15) is 0 Å². The second-order valence-electron chi connectivity index (χ2n) is 5.80. The van der Waals surface area contributed by atoms with Crippen LogP contribution in [0.25, 0.3) is 0 Å². The normalized spacial score (nSPS) is 23.5. The molecule has 1 aromatic rings. The second kappa shape index (κ2) is 7.88. The highest BCUT2D eigenvalue weighted by atomic mass is 16.5. The molecular weight excluding hydrogens is 292 g/mol. The third-order valence-corrected chi connectivity index (χ3v) is 4.26. The molecule has 122 valence electrons. The molecule has 0 radical (unpaired) electrons. The highest BCUT2D eigenvalue weighted by Crippen LogP contribution is 2.40. The van der Waals surface area contributed by atoms with Gasteiger partial charge in [0.1, 0.15) is 0 Å². The highest BCUT2D eigenvalue weighted by molar-refractivity contribution is 5.91. The number of rotatable bonds is 7. The van der Waals surface area contributed by atoms with Crippen LogP contribution in [0.1, 0.15) is 18.4 Å². The molecule has 0 saturated carbocycles. The van der Waals surface area contributed by atoms with E-state index in [0.717, 1.165) is 5.56 Å². The second-order valence-corrected chi connectivity index (χ2v) is 5.80. The summed E-state index contributed by atoms with van der Waals surface area (Å²) in [5.74, 6) is -0.432. The first-order valence-corrected chi connectivity index (χ1v) is 7.63. The molecule has 0 aromatic heterocycles. The van der Waals surface area contributed by atoms with Crippen molar-refractivity contribution >= 4 is 11.8 Å². The molecule has 1 aliphatic rings. The van der Waals surface area contributed by atoms with Crippen molar-refractivity contribution in [3.63, 3.8) is 0 Å². The maximum absolute atomic E-state index is 11.9. The van der Waals surface area contributed by atoms with E-state index in [1.807, 2.05) is 30.3 Å². The van der Waals surface area contributed by atoms with E-state index in [-0.39, 0.29) is 24.1 Å². The van der Waals surface area contributed by atoms with E-state index < -0.39 is 5.41 Å². The minimum absolute atomic E-state index is 0.0225. The summed E-state index contributed by atoms with van der Waals surface area (Å²) in [7, 11) is 1.36. The van der Waals surface area contributed by atoms with E-state index in [0.29, 0.717) is 19.6 Å². The highest BCUT2D eigenvalue weighted by Gasteiger charge is 2.40. The monoisotopic (exact) mass is 314 g/mol. The minimum Gasteiger partial charge on any atom is -0.469 e. The summed E-state index contributed by atoms with van der Waals surface area (Å²) in [6, 6.07) is 9.83. The number of methoxy groups -OCH3 is 1. The number of benzene rings is 1. The minimum atomic E-state index is -0.575. The van der Waals surface area contributed by atoms with Crippen molar-refractivity contribution in [2.24, 2.45) is 11.3 Å². The summed E-state index contributed by atoms with van der Waals surface area (Å²) < 4.78 is 10.6. The maximum Gasteiger partial charge on any atom is 0.306 e. The molecule has 2 atom stereocenters. The molecule has 0 fully saturated rings. The number of ketones is 1. The van der Waals surface area contributed by atoms with Crippen LogP contribution in [-0.4, -0.2) is 25.5 Å². The van der Waals surface area contributed by atoms with Crippen LogP contribution in [0, 0.1) is 11.3 Å². The van der Waals surface area contributed by atoms with Crippen LogP contribution >= 0.6 is 0 Å². The number of allylic oxidation sites excluding steroid dienone is 2. The first-order valence-electron chi connectivity index (χ1n) is 7.63. The Balaban J connectivity index is 2.08. The Bertz CT molecular complexity index is 591. The van der Waals surface area contributed by atoms with Crippen LogP contribution in [0.3, 0.4) is 0 Å². The molecule has 2 rings (SSSR count). The summed E-state index contributed by atoms with van der Waals surface area (Å²) in [6.45, 7) is 4.68. The van der Waals surface area contributed by atoms with Gasteiger partial charge in [-0.1, -0.05) is 42.5 Å². The molecule has 0 bridgehead atoms. The fourth-order valence-electron chi connectivity index (χ4n) is 2.84. The molecule has 0 unspecified atom stereocenters. The molecule has 1 aromatic carbocycles. The van der Waals surface area contributed by atoms with Crippen molar-refractivity contribution in [1.82, 2.24) is 0 Å². The van der Waals surface area contributed by atoms with Crippen LogP contribution < -0.4 is 0 Å². The van der Waals surface area contributed by atoms with Crippen LogP contribution in [0.2, 0.25) is 0 Å². The molecule has 0 amide bonds. The zero-order valence-electron chi connectivity index (χ0n) is 13.4. The van der Waals surface area contributed by atoms with Gasteiger partial charge < -0.3 is 9.47 Å². The Labute approximate surface area is 136 Å². The zero-order chi connectivity index (χ0) is 16.7. The van der Waals surface area contributed by atoms with Crippen molar-refractivity contribution < 1.29 is 19.1 Å². The van der Waals surface area contributed by atoms with Gasteiger partial charge in [0.05, 0.1) is 26.7 Å². The molecule has 1 aliphatic carbocycles. The van der Waals surface area contributed by atoms with Crippen molar-refractivity contribution in [3.8, 4) is 0 Å². The first kappa shape index (κ1) is 17.2. The summed E-state index contributed by atoms with van der Waals surface area (Å²) in [4.78, 5) is 23.5. The van der Waals surface area contributed by atoms with Crippen LogP contribution in [0.4, 0.5) is 0 Å². The van der Waals surface area contributed by atoms with E-state index in [2.05, 4.69) is 6.58 Å². The molecule has 0 saturated heterocycles. The Morgan fingerprint density at radius 1 is 1.39 bits per heavy atom. The van der Waals surface area contributed by atoms with Crippen molar-refractivity contribution in [1.29, 1.82) is 0 Å². The number of carbonyl (C=O) groups is 2. The summed E-state index contributed by atoms with van der Waals surface area (Å²) in [6.07, 6.45) is 5.56. The largest absolute Gasteiger partial charge is 0.469 e. The fraction of sp³-hybridized carbons (Fsp3) is 0.368. The molecule has 4 nitrogen and oxygen atoms in total. The van der Waals surface area contributed by atoms with Crippen LogP contribution in [-0.2, 0) is 25.7 Å². The van der Waals surface area contributed by atoms with Gasteiger partial charge >= 0.3 is 5.97 Å². The average molecular weight is 314 g/mol. The third-order valence-electron chi connectivity index (χ3n) is 4.26. The number of ether oxygens (including phenoxy) is 2. The van der Waals surface area contributed by atoms with Gasteiger partial charge in [-0.25, -0.2) is 0 Å². The van der Waals surface area contributed by atoms with Gasteiger partial charge in [0.25, 0.3) is 0 Å². The Morgan fingerprint density at radius 3 is 2.78 bits per heavy atom. The molecule has 23 heavy (non-hydrogen) atoms. The van der Waals surface area contributed by atoms with Gasteiger partial charge in [0.15, 0.2) is 5.78 Å². The smallest absolute Gasteiger partial charge is 0.306 e. The number of hydrogen-bond acceptors (Lipinski definition) is 4. The summed E-state index contributed by atoms with van der Waals surface area (Å²) in [5.41, 5.74) is 0.489. The lowest BCUT2D eigenvalue weighted by atomic mass is 9.68. The number of carbonyl (C=O) groups excluding carboxylic acids is 2. The van der Waals surface area contributed by atoms with E-state index in [4.69, 9.17) is 9.47 Å². The lowest BCUT2D eigenvalue weighted by Gasteiger charge is -2.37. The molecular formula is C19H22O4. The summed E-state index contributed by atoms with van der Waals surface area (Å²) in [5, 5.41) is 0. The Hall–Kier alpha value is -2.20. The van der Waals surface area contributed by atoms with Crippen molar-refractivity contribution in [2.75, 3.05) is 13.7 Å². The fourth-order valence-corrected chi connectivity index (χ4v) is 2.84. The topological polar surface area (TPSA) is 52.6 Å². The maximum atomic E-state index is 11.9. The molecule has 0 aliphatic heterocycles. The zero-order valence-corrected chi connectivity index (χ0v) is 13.4. The SMILES string of the molecule is C=C[C@]1(COCc2ccccc2)CC(=O)C=C[C@H]1CC(=O)OC. The lowest BCUT2D eigenvalue weighted by molar-refractivity contribution is -0.143. The van der Waals surface area contributed by atoms with Gasteiger partial charge in [0.2, 0.25) is 0 Å². The molecule has 0 N–H and O–H groups in total.